The van der Waals surface area contributed by atoms with Crippen molar-refractivity contribution in [1.82, 2.24) is 4.90 Å². The van der Waals surface area contributed by atoms with Crippen LogP contribution in [0.1, 0.15) is 12.0 Å². The first-order valence-electron chi connectivity index (χ1n) is 6.36. The number of carbonyl (C=O) groups excluding carboxylic acids is 2. The van der Waals surface area contributed by atoms with Crippen LogP contribution in [0.5, 0.6) is 0 Å². The quantitative estimate of drug-likeness (QED) is 0.827. The molecule has 2 amide bonds. The van der Waals surface area contributed by atoms with E-state index in [0.29, 0.717) is 6.42 Å². The van der Waals surface area contributed by atoms with Crippen LogP contribution in [-0.2, 0) is 16.0 Å². The number of hydrogen-bond acceptors (Lipinski definition) is 4. The van der Waals surface area contributed by atoms with Gasteiger partial charge in [-0.05, 0) is 12.0 Å². The molecule has 2 rings (SSSR count). The lowest BCUT2D eigenvalue weighted by Gasteiger charge is -2.22. The van der Waals surface area contributed by atoms with Gasteiger partial charge in [0, 0.05) is 6.42 Å². The van der Waals surface area contributed by atoms with Gasteiger partial charge in [-0.15, -0.1) is 12.3 Å². The van der Waals surface area contributed by atoms with Gasteiger partial charge >= 0.3 is 6.09 Å². The lowest BCUT2D eigenvalue weighted by atomic mass is 10.0. The summed E-state index contributed by atoms with van der Waals surface area (Å²) in [5.41, 5.74) is 6.71. The van der Waals surface area contributed by atoms with E-state index in [4.69, 9.17) is 16.9 Å². The predicted molar refractivity (Wildman–Crippen MR) is 73.6 cm³/mol. The van der Waals surface area contributed by atoms with E-state index in [0.717, 1.165) is 10.5 Å². The lowest BCUT2D eigenvalue weighted by Crippen LogP contribution is -2.48. The first kappa shape index (κ1) is 14.1. The molecule has 5 heteroatoms. The Morgan fingerprint density at radius 3 is 2.85 bits per heavy atom. The molecule has 5 nitrogen and oxygen atoms in total. The SMILES string of the molecule is C#CC[C@H](N)C(=O)N1C(=O)OC[C@H]1Cc1ccccc1. The number of terminal acetylenes is 1. The van der Waals surface area contributed by atoms with Gasteiger partial charge in [0.05, 0.1) is 12.1 Å². The summed E-state index contributed by atoms with van der Waals surface area (Å²) in [6, 6.07) is 8.39. The fourth-order valence-electron chi connectivity index (χ4n) is 2.16. The van der Waals surface area contributed by atoms with E-state index in [1.165, 1.54) is 0 Å². The summed E-state index contributed by atoms with van der Waals surface area (Å²) in [4.78, 5) is 24.9. The van der Waals surface area contributed by atoms with Gasteiger partial charge in [-0.25, -0.2) is 9.69 Å². The second kappa shape index (κ2) is 6.22. The number of benzene rings is 1. The number of hydrogen-bond donors (Lipinski definition) is 1. The van der Waals surface area contributed by atoms with Gasteiger partial charge in [-0.1, -0.05) is 30.3 Å². The molecule has 1 saturated heterocycles. The van der Waals surface area contributed by atoms with E-state index in [1.807, 2.05) is 30.3 Å². The Hall–Kier alpha value is -2.32. The van der Waals surface area contributed by atoms with Crippen molar-refractivity contribution in [3.8, 4) is 12.3 Å². The van der Waals surface area contributed by atoms with Crippen LogP contribution >= 0.6 is 0 Å². The zero-order valence-electron chi connectivity index (χ0n) is 11.0. The predicted octanol–water partition coefficient (Wildman–Crippen LogP) is 0.927. The average Bonchev–Trinajstić information content (AvgIpc) is 2.80. The summed E-state index contributed by atoms with van der Waals surface area (Å²) >= 11 is 0. The van der Waals surface area contributed by atoms with Crippen molar-refractivity contribution in [3.63, 3.8) is 0 Å². The third kappa shape index (κ3) is 2.98. The van der Waals surface area contributed by atoms with Gasteiger partial charge in [0.1, 0.15) is 6.61 Å². The summed E-state index contributed by atoms with van der Waals surface area (Å²) in [5, 5.41) is 0. The van der Waals surface area contributed by atoms with E-state index >= 15 is 0 Å². The van der Waals surface area contributed by atoms with Crippen molar-refractivity contribution < 1.29 is 14.3 Å². The molecule has 1 aromatic carbocycles. The minimum atomic E-state index is -0.871. The Labute approximate surface area is 117 Å². The van der Waals surface area contributed by atoms with Gasteiger partial charge in [0.25, 0.3) is 0 Å². The Kier molecular flexibility index (Phi) is 4.38. The van der Waals surface area contributed by atoms with Gasteiger partial charge in [0.2, 0.25) is 5.91 Å². The van der Waals surface area contributed by atoms with Crippen molar-refractivity contribution in [2.24, 2.45) is 5.73 Å². The fourth-order valence-corrected chi connectivity index (χ4v) is 2.16. The van der Waals surface area contributed by atoms with Crippen molar-refractivity contribution in [1.29, 1.82) is 0 Å². The minimum absolute atomic E-state index is 0.0979. The maximum absolute atomic E-state index is 12.2. The van der Waals surface area contributed by atoms with E-state index in [-0.39, 0.29) is 19.1 Å². The number of nitrogens with zero attached hydrogens (tertiary/aromatic N) is 1. The Bertz CT molecular complexity index is 536. The number of carbonyl (C=O) groups is 2. The molecule has 2 N–H and O–H groups in total. The van der Waals surface area contributed by atoms with Crippen LogP contribution in [-0.4, -0.2) is 35.6 Å². The number of ether oxygens (including phenoxy) is 1. The van der Waals surface area contributed by atoms with Crippen molar-refractivity contribution in [2.45, 2.75) is 24.9 Å². The molecule has 0 unspecified atom stereocenters. The molecule has 2 atom stereocenters. The van der Waals surface area contributed by atoms with Gasteiger partial charge in [0.15, 0.2) is 0 Å². The Morgan fingerprint density at radius 2 is 2.20 bits per heavy atom. The third-order valence-electron chi connectivity index (χ3n) is 3.17. The molecule has 0 spiro atoms. The fraction of sp³-hybridized carbons (Fsp3) is 0.333. The van der Waals surface area contributed by atoms with E-state index in [1.54, 1.807) is 0 Å². The normalized spacial score (nSPS) is 19.3. The molecule has 0 aromatic heterocycles. The summed E-state index contributed by atoms with van der Waals surface area (Å²) < 4.78 is 4.96. The number of rotatable bonds is 4. The summed E-state index contributed by atoms with van der Waals surface area (Å²) in [6.45, 7) is 0.183. The zero-order valence-corrected chi connectivity index (χ0v) is 11.0. The molecule has 0 aliphatic carbocycles. The van der Waals surface area contributed by atoms with Crippen LogP contribution in [0.2, 0.25) is 0 Å². The summed E-state index contributed by atoms with van der Waals surface area (Å²) in [7, 11) is 0. The molecular weight excluding hydrogens is 256 g/mol. The van der Waals surface area contributed by atoms with E-state index < -0.39 is 18.0 Å². The van der Waals surface area contributed by atoms with Crippen LogP contribution in [0.3, 0.4) is 0 Å². The minimum Gasteiger partial charge on any atom is -0.447 e. The van der Waals surface area contributed by atoms with Crippen molar-refractivity contribution >= 4 is 12.0 Å². The monoisotopic (exact) mass is 272 g/mol. The first-order chi connectivity index (χ1) is 9.63. The van der Waals surface area contributed by atoms with Crippen LogP contribution in [0.4, 0.5) is 4.79 Å². The maximum Gasteiger partial charge on any atom is 0.417 e. The topological polar surface area (TPSA) is 72.6 Å². The van der Waals surface area contributed by atoms with Gasteiger partial charge < -0.3 is 10.5 Å². The Morgan fingerprint density at radius 1 is 1.50 bits per heavy atom. The van der Waals surface area contributed by atoms with E-state index in [2.05, 4.69) is 5.92 Å². The number of amides is 2. The molecular formula is C15H16N2O3. The molecule has 0 bridgehead atoms. The molecule has 0 radical (unpaired) electrons. The highest BCUT2D eigenvalue weighted by atomic mass is 16.6. The molecule has 1 aliphatic rings. The van der Waals surface area contributed by atoms with Crippen molar-refractivity contribution in [3.05, 3.63) is 35.9 Å². The zero-order chi connectivity index (χ0) is 14.5. The molecule has 104 valence electrons. The van der Waals surface area contributed by atoms with Crippen LogP contribution in [0, 0.1) is 12.3 Å². The number of cyclic esters (lactones) is 1. The highest BCUT2D eigenvalue weighted by Crippen LogP contribution is 2.18. The third-order valence-corrected chi connectivity index (χ3v) is 3.17. The molecule has 0 saturated carbocycles. The van der Waals surface area contributed by atoms with Crippen LogP contribution in [0.15, 0.2) is 30.3 Å². The number of nitrogens with two attached hydrogens (primary N) is 1. The largest absolute Gasteiger partial charge is 0.447 e. The molecule has 1 aromatic rings. The molecule has 1 aliphatic heterocycles. The summed E-state index contributed by atoms with van der Waals surface area (Å²) in [5.74, 6) is 1.85. The molecule has 1 fully saturated rings. The highest BCUT2D eigenvalue weighted by molar-refractivity contribution is 5.96. The van der Waals surface area contributed by atoms with Gasteiger partial charge in [-0.2, -0.15) is 0 Å². The van der Waals surface area contributed by atoms with Crippen LogP contribution < -0.4 is 5.73 Å². The number of imide groups is 1. The van der Waals surface area contributed by atoms with E-state index in [9.17, 15) is 9.59 Å². The smallest absolute Gasteiger partial charge is 0.417 e. The molecule has 1 heterocycles. The maximum atomic E-state index is 12.2. The second-order valence-corrected chi connectivity index (χ2v) is 4.64. The van der Waals surface area contributed by atoms with Crippen LogP contribution in [0.25, 0.3) is 0 Å². The highest BCUT2D eigenvalue weighted by Gasteiger charge is 2.39. The Balaban J connectivity index is 2.11. The lowest BCUT2D eigenvalue weighted by molar-refractivity contribution is -0.130. The molecule has 20 heavy (non-hydrogen) atoms. The average molecular weight is 272 g/mol. The standard InChI is InChI=1S/C15H16N2O3/c1-2-6-13(16)14(18)17-12(10-20-15(17)19)9-11-7-4-3-5-8-11/h1,3-5,7-8,12-13H,6,9-10,16H2/t12-,13+/m1/s1. The first-order valence-corrected chi connectivity index (χ1v) is 6.36. The second-order valence-electron chi connectivity index (χ2n) is 4.64. The van der Waals surface area contributed by atoms with Gasteiger partial charge in [-0.3, -0.25) is 4.79 Å². The van der Waals surface area contributed by atoms with Crippen molar-refractivity contribution in [2.75, 3.05) is 6.61 Å². The summed E-state index contributed by atoms with van der Waals surface area (Å²) in [6.07, 6.45) is 5.13.